The summed E-state index contributed by atoms with van der Waals surface area (Å²) in [7, 11) is 0. The first-order valence-electron chi connectivity index (χ1n) is 8.10. The number of nitrogens with one attached hydrogen (secondary N) is 1. The second kappa shape index (κ2) is 7.21. The zero-order valence-electron chi connectivity index (χ0n) is 13.1. The lowest BCUT2D eigenvalue weighted by molar-refractivity contribution is 0.223. The van der Waals surface area contributed by atoms with E-state index in [0.717, 1.165) is 30.0 Å². The molecule has 0 heterocycles. The van der Waals surface area contributed by atoms with E-state index >= 15 is 0 Å². The van der Waals surface area contributed by atoms with Crippen molar-refractivity contribution in [3.8, 4) is 0 Å². The van der Waals surface area contributed by atoms with Crippen LogP contribution in [0.4, 0.5) is 4.39 Å². The van der Waals surface area contributed by atoms with Gasteiger partial charge in [0, 0.05) is 6.04 Å². The minimum atomic E-state index is -0.104. The molecule has 1 N–H and O–H groups in total. The molecule has 112 valence electrons. The van der Waals surface area contributed by atoms with Crippen LogP contribution in [0.15, 0.2) is 18.2 Å². The summed E-state index contributed by atoms with van der Waals surface area (Å²) >= 11 is 0. The van der Waals surface area contributed by atoms with E-state index in [2.05, 4.69) is 25.2 Å². The lowest BCUT2D eigenvalue weighted by Crippen LogP contribution is -2.32. The van der Waals surface area contributed by atoms with Crippen LogP contribution < -0.4 is 5.32 Å². The van der Waals surface area contributed by atoms with Gasteiger partial charge in [-0.15, -0.1) is 0 Å². The second-order valence-electron chi connectivity index (χ2n) is 6.53. The predicted molar refractivity (Wildman–Crippen MR) is 83.3 cm³/mol. The van der Waals surface area contributed by atoms with Crippen LogP contribution in [-0.4, -0.2) is 6.54 Å². The Morgan fingerprint density at radius 2 is 2.10 bits per heavy atom. The van der Waals surface area contributed by atoms with Crippen LogP contribution in [0.1, 0.15) is 63.1 Å². The van der Waals surface area contributed by atoms with Crippen LogP contribution in [-0.2, 0) is 0 Å². The minimum Gasteiger partial charge on any atom is -0.310 e. The maximum absolute atomic E-state index is 13.7. The highest BCUT2D eigenvalue weighted by Gasteiger charge is 2.27. The maximum Gasteiger partial charge on any atom is 0.123 e. The average Bonchev–Trinajstić information content (AvgIpc) is 2.38. The topological polar surface area (TPSA) is 12.0 Å². The van der Waals surface area contributed by atoms with Gasteiger partial charge in [-0.05, 0) is 67.8 Å². The Morgan fingerprint density at radius 3 is 2.75 bits per heavy atom. The van der Waals surface area contributed by atoms with Crippen molar-refractivity contribution < 1.29 is 4.39 Å². The van der Waals surface area contributed by atoms with Crippen LogP contribution >= 0.6 is 0 Å². The molecule has 0 spiro atoms. The van der Waals surface area contributed by atoms with Gasteiger partial charge in [-0.3, -0.25) is 0 Å². The molecule has 1 aromatic carbocycles. The van der Waals surface area contributed by atoms with Gasteiger partial charge in [0.1, 0.15) is 5.82 Å². The molecule has 1 aliphatic rings. The Morgan fingerprint density at radius 1 is 1.30 bits per heavy atom. The van der Waals surface area contributed by atoms with Gasteiger partial charge in [0.15, 0.2) is 0 Å². The van der Waals surface area contributed by atoms with E-state index in [1.54, 1.807) is 12.1 Å². The minimum absolute atomic E-state index is 0.104. The normalized spacial score (nSPS) is 24.6. The number of benzene rings is 1. The van der Waals surface area contributed by atoms with Crippen LogP contribution in [0.2, 0.25) is 0 Å². The molecule has 2 rings (SSSR count). The monoisotopic (exact) mass is 277 g/mol. The highest BCUT2D eigenvalue weighted by molar-refractivity contribution is 5.27. The van der Waals surface area contributed by atoms with E-state index < -0.39 is 0 Å². The van der Waals surface area contributed by atoms with Gasteiger partial charge >= 0.3 is 0 Å². The van der Waals surface area contributed by atoms with Crippen molar-refractivity contribution in [2.45, 2.75) is 58.9 Å². The Labute approximate surface area is 123 Å². The molecule has 1 nitrogen and oxygen atoms in total. The van der Waals surface area contributed by atoms with Crippen LogP contribution in [0.3, 0.4) is 0 Å². The summed E-state index contributed by atoms with van der Waals surface area (Å²) in [6.45, 7) is 7.52. The van der Waals surface area contributed by atoms with Crippen molar-refractivity contribution in [1.82, 2.24) is 5.32 Å². The highest BCUT2D eigenvalue weighted by atomic mass is 19.1. The number of halogens is 1. The second-order valence-corrected chi connectivity index (χ2v) is 6.53. The van der Waals surface area contributed by atoms with E-state index in [0.29, 0.717) is 12.0 Å². The fraction of sp³-hybridized carbons (Fsp3) is 0.667. The summed E-state index contributed by atoms with van der Waals surface area (Å²) in [6.07, 6.45) is 6.30. The molecule has 0 saturated heterocycles. The largest absolute Gasteiger partial charge is 0.310 e. The zero-order valence-corrected chi connectivity index (χ0v) is 13.1. The Kier molecular flexibility index (Phi) is 5.59. The molecule has 3 unspecified atom stereocenters. The molecule has 1 fully saturated rings. The van der Waals surface area contributed by atoms with Crippen molar-refractivity contribution >= 4 is 0 Å². The molecular formula is C18H28FN. The van der Waals surface area contributed by atoms with Crippen molar-refractivity contribution in [2.24, 2.45) is 11.8 Å². The SMILES string of the molecule is CCCNC(c1cc(C)cc(F)c1)C1CCCC(C)C1. The van der Waals surface area contributed by atoms with Crippen LogP contribution in [0.25, 0.3) is 0 Å². The number of rotatable bonds is 5. The smallest absolute Gasteiger partial charge is 0.123 e. The van der Waals surface area contributed by atoms with Gasteiger partial charge in [-0.1, -0.05) is 32.8 Å². The van der Waals surface area contributed by atoms with Gasteiger partial charge in [0.25, 0.3) is 0 Å². The molecule has 0 radical (unpaired) electrons. The van der Waals surface area contributed by atoms with E-state index in [1.807, 2.05) is 6.92 Å². The van der Waals surface area contributed by atoms with E-state index in [1.165, 1.54) is 25.7 Å². The fourth-order valence-electron chi connectivity index (χ4n) is 3.58. The van der Waals surface area contributed by atoms with Gasteiger partial charge in [0.2, 0.25) is 0 Å². The van der Waals surface area contributed by atoms with Crippen LogP contribution in [0, 0.1) is 24.6 Å². The molecule has 0 aliphatic heterocycles. The lowest BCUT2D eigenvalue weighted by atomic mass is 9.76. The van der Waals surface area contributed by atoms with Crippen LogP contribution in [0.5, 0.6) is 0 Å². The first kappa shape index (κ1) is 15.5. The molecule has 1 saturated carbocycles. The Hall–Kier alpha value is -0.890. The summed E-state index contributed by atoms with van der Waals surface area (Å²) in [6, 6.07) is 5.80. The van der Waals surface area contributed by atoms with Crippen molar-refractivity contribution in [1.29, 1.82) is 0 Å². The number of hydrogen-bond donors (Lipinski definition) is 1. The first-order chi connectivity index (χ1) is 9.60. The first-order valence-corrected chi connectivity index (χ1v) is 8.10. The van der Waals surface area contributed by atoms with Gasteiger partial charge in [-0.2, -0.15) is 0 Å². The third-order valence-corrected chi connectivity index (χ3v) is 4.49. The highest BCUT2D eigenvalue weighted by Crippen LogP contribution is 2.37. The van der Waals surface area contributed by atoms with Gasteiger partial charge in [-0.25, -0.2) is 4.39 Å². The average molecular weight is 277 g/mol. The fourth-order valence-corrected chi connectivity index (χ4v) is 3.58. The predicted octanol–water partition coefficient (Wildman–Crippen LogP) is 5.00. The van der Waals surface area contributed by atoms with E-state index in [-0.39, 0.29) is 5.82 Å². The number of aryl methyl sites for hydroxylation is 1. The summed E-state index contributed by atoms with van der Waals surface area (Å²) in [5.74, 6) is 1.34. The molecular weight excluding hydrogens is 249 g/mol. The molecule has 0 bridgehead atoms. The molecule has 20 heavy (non-hydrogen) atoms. The van der Waals surface area contributed by atoms with Gasteiger partial charge in [0.05, 0.1) is 0 Å². The third-order valence-electron chi connectivity index (χ3n) is 4.49. The molecule has 1 aromatic rings. The Balaban J connectivity index is 2.21. The molecule has 0 aromatic heterocycles. The summed E-state index contributed by atoms with van der Waals surface area (Å²) in [5, 5.41) is 3.66. The molecule has 1 aliphatic carbocycles. The standard InChI is InChI=1S/C18H28FN/c1-4-8-20-18(15-7-5-6-13(2)9-15)16-10-14(3)11-17(19)12-16/h10-13,15,18,20H,4-9H2,1-3H3. The van der Waals surface area contributed by atoms with E-state index in [4.69, 9.17) is 0 Å². The zero-order chi connectivity index (χ0) is 14.5. The van der Waals surface area contributed by atoms with E-state index in [9.17, 15) is 4.39 Å². The van der Waals surface area contributed by atoms with Gasteiger partial charge < -0.3 is 5.32 Å². The third kappa shape index (κ3) is 4.05. The quantitative estimate of drug-likeness (QED) is 0.798. The summed E-state index contributed by atoms with van der Waals surface area (Å²) in [5.41, 5.74) is 2.15. The summed E-state index contributed by atoms with van der Waals surface area (Å²) < 4.78 is 13.7. The molecule has 3 atom stereocenters. The summed E-state index contributed by atoms with van der Waals surface area (Å²) in [4.78, 5) is 0. The maximum atomic E-state index is 13.7. The van der Waals surface area contributed by atoms with Crippen molar-refractivity contribution in [3.63, 3.8) is 0 Å². The molecule has 0 amide bonds. The number of hydrogen-bond acceptors (Lipinski definition) is 1. The van der Waals surface area contributed by atoms with Crippen molar-refractivity contribution in [3.05, 3.63) is 35.1 Å². The molecule has 2 heteroatoms. The van der Waals surface area contributed by atoms with Crippen molar-refractivity contribution in [2.75, 3.05) is 6.54 Å². The lowest BCUT2D eigenvalue weighted by Gasteiger charge is -2.34. The Bertz CT molecular complexity index is 409.